The molecular formula is C22H31NO2Si. The summed E-state index contributed by atoms with van der Waals surface area (Å²) in [5.74, 6) is 0.0460. The molecular weight excluding hydrogens is 338 g/mol. The highest BCUT2D eigenvalue weighted by Gasteiger charge is 2.53. The number of benzene rings is 2. The molecule has 26 heavy (non-hydrogen) atoms. The van der Waals surface area contributed by atoms with Gasteiger partial charge in [-0.15, -0.1) is 0 Å². The van der Waals surface area contributed by atoms with Gasteiger partial charge >= 0.3 is 14.3 Å². The van der Waals surface area contributed by atoms with Crippen LogP contribution in [-0.2, 0) is 9.22 Å². The summed E-state index contributed by atoms with van der Waals surface area (Å²) in [6, 6.07) is 19.7. The maximum Gasteiger partial charge on any atom is 0.323 e. The monoisotopic (exact) mass is 369 g/mol. The zero-order valence-electron chi connectivity index (χ0n) is 16.5. The standard InChI is InChI=1S/C22H31NO2Si/c1-17(2)16-20(23)21(24)25-26(22(3,4)5,18-12-8-6-9-13-18)19-14-10-7-11-15-19/h6-15,17,20H,16,23H2,1-5H3/t20-/m0/s1. The van der Waals surface area contributed by atoms with Gasteiger partial charge in [0.15, 0.2) is 0 Å². The molecule has 1 atom stereocenters. The van der Waals surface area contributed by atoms with Gasteiger partial charge in [0.2, 0.25) is 0 Å². The first-order valence-electron chi connectivity index (χ1n) is 9.28. The van der Waals surface area contributed by atoms with E-state index in [1.807, 2.05) is 36.4 Å². The van der Waals surface area contributed by atoms with Crippen molar-refractivity contribution in [3.8, 4) is 0 Å². The minimum absolute atomic E-state index is 0.233. The van der Waals surface area contributed by atoms with Crippen molar-refractivity contribution in [2.45, 2.75) is 52.1 Å². The molecule has 0 saturated carbocycles. The van der Waals surface area contributed by atoms with Crippen LogP contribution in [0.1, 0.15) is 41.0 Å². The molecule has 0 aliphatic carbocycles. The van der Waals surface area contributed by atoms with Crippen LogP contribution < -0.4 is 16.1 Å². The number of nitrogens with two attached hydrogens (primary N) is 1. The normalized spacial score (nSPS) is 13.5. The SMILES string of the molecule is CC(C)C[C@H](N)C(=O)O[Si](c1ccccc1)(c1ccccc1)C(C)(C)C. The molecule has 0 unspecified atom stereocenters. The van der Waals surface area contributed by atoms with Crippen LogP contribution in [0, 0.1) is 5.92 Å². The first-order chi connectivity index (χ1) is 12.2. The van der Waals surface area contributed by atoms with Gasteiger partial charge in [0.1, 0.15) is 6.04 Å². The van der Waals surface area contributed by atoms with Crippen LogP contribution in [0.15, 0.2) is 60.7 Å². The van der Waals surface area contributed by atoms with Gasteiger partial charge in [0.05, 0.1) is 0 Å². The number of rotatable bonds is 6. The van der Waals surface area contributed by atoms with Crippen molar-refractivity contribution >= 4 is 24.7 Å². The molecule has 0 bridgehead atoms. The zero-order valence-corrected chi connectivity index (χ0v) is 17.5. The van der Waals surface area contributed by atoms with Gasteiger partial charge in [-0.05, 0) is 27.8 Å². The Morgan fingerprint density at radius 3 is 1.73 bits per heavy atom. The van der Waals surface area contributed by atoms with Crippen LogP contribution >= 0.6 is 0 Å². The summed E-state index contributed by atoms with van der Waals surface area (Å²) < 4.78 is 6.41. The van der Waals surface area contributed by atoms with Crippen LogP contribution in [0.5, 0.6) is 0 Å². The molecule has 0 aromatic heterocycles. The average molecular weight is 370 g/mol. The van der Waals surface area contributed by atoms with E-state index in [0.29, 0.717) is 12.3 Å². The van der Waals surface area contributed by atoms with E-state index < -0.39 is 14.4 Å². The van der Waals surface area contributed by atoms with Crippen molar-refractivity contribution in [1.82, 2.24) is 0 Å². The Bertz CT molecular complexity index is 668. The Hall–Kier alpha value is -1.91. The number of carbonyl (C=O) groups is 1. The number of hydrogen-bond acceptors (Lipinski definition) is 3. The zero-order chi connectivity index (χ0) is 19.4. The molecule has 0 amide bonds. The van der Waals surface area contributed by atoms with E-state index in [1.165, 1.54) is 0 Å². The second-order valence-electron chi connectivity index (χ2n) is 8.32. The van der Waals surface area contributed by atoms with Crippen LogP contribution in [-0.4, -0.2) is 20.3 Å². The highest BCUT2D eigenvalue weighted by molar-refractivity contribution is 7.00. The molecule has 2 N–H and O–H groups in total. The van der Waals surface area contributed by atoms with Crippen molar-refractivity contribution in [2.24, 2.45) is 11.7 Å². The van der Waals surface area contributed by atoms with Gasteiger partial charge in [-0.3, -0.25) is 4.79 Å². The molecule has 0 saturated heterocycles. The predicted octanol–water partition coefficient (Wildman–Crippen LogP) is 3.46. The first-order valence-corrected chi connectivity index (χ1v) is 11.2. The fourth-order valence-corrected chi connectivity index (χ4v) is 7.86. The Morgan fingerprint density at radius 1 is 0.962 bits per heavy atom. The van der Waals surface area contributed by atoms with Gasteiger partial charge in [-0.2, -0.15) is 0 Å². The molecule has 0 spiro atoms. The van der Waals surface area contributed by atoms with Crippen LogP contribution in [0.4, 0.5) is 0 Å². The Labute approximate surface area is 158 Å². The largest absolute Gasteiger partial charge is 0.508 e. The summed E-state index contributed by atoms with van der Waals surface area (Å²) in [6.45, 7) is 10.6. The molecule has 0 fully saturated rings. The van der Waals surface area contributed by atoms with Gasteiger partial charge in [-0.25, -0.2) is 0 Å². The molecule has 2 aromatic rings. The van der Waals surface area contributed by atoms with Crippen LogP contribution in [0.2, 0.25) is 5.04 Å². The van der Waals surface area contributed by atoms with E-state index >= 15 is 0 Å². The van der Waals surface area contributed by atoms with Crippen molar-refractivity contribution in [1.29, 1.82) is 0 Å². The maximum absolute atomic E-state index is 13.0. The third kappa shape index (κ3) is 4.25. The quantitative estimate of drug-likeness (QED) is 0.793. The fourth-order valence-electron chi connectivity index (χ4n) is 3.48. The van der Waals surface area contributed by atoms with Gasteiger partial charge in [0.25, 0.3) is 0 Å². The fraction of sp³-hybridized carbons (Fsp3) is 0.409. The smallest absolute Gasteiger partial charge is 0.323 e. The lowest BCUT2D eigenvalue weighted by atomic mass is 10.1. The van der Waals surface area contributed by atoms with Crippen LogP contribution in [0.3, 0.4) is 0 Å². The van der Waals surface area contributed by atoms with E-state index in [9.17, 15) is 4.79 Å². The molecule has 0 radical (unpaired) electrons. The lowest BCUT2D eigenvalue weighted by Gasteiger charge is -2.42. The number of carbonyl (C=O) groups excluding carboxylic acids is 1. The molecule has 4 heteroatoms. The molecule has 2 aromatic carbocycles. The Balaban J connectivity index is 2.59. The molecule has 2 rings (SSSR count). The topological polar surface area (TPSA) is 52.3 Å². The second kappa shape index (κ2) is 8.19. The second-order valence-corrected chi connectivity index (χ2v) is 12.5. The summed E-state index contributed by atoms with van der Waals surface area (Å²) in [4.78, 5) is 13.0. The Morgan fingerprint density at radius 2 is 1.38 bits per heavy atom. The van der Waals surface area contributed by atoms with Gasteiger partial charge in [0, 0.05) is 0 Å². The molecule has 140 valence electrons. The van der Waals surface area contributed by atoms with Crippen molar-refractivity contribution in [3.63, 3.8) is 0 Å². The van der Waals surface area contributed by atoms with Crippen molar-refractivity contribution in [3.05, 3.63) is 60.7 Å². The third-order valence-corrected chi connectivity index (χ3v) is 9.61. The van der Waals surface area contributed by atoms with Gasteiger partial charge in [-0.1, -0.05) is 95.3 Å². The number of hydrogen-bond donors (Lipinski definition) is 1. The predicted molar refractivity (Wildman–Crippen MR) is 111 cm³/mol. The molecule has 0 heterocycles. The molecule has 3 nitrogen and oxygen atoms in total. The summed E-state index contributed by atoms with van der Waals surface area (Å²) in [5, 5.41) is 1.94. The highest BCUT2D eigenvalue weighted by Crippen LogP contribution is 2.37. The molecule has 0 aliphatic rings. The highest BCUT2D eigenvalue weighted by atomic mass is 28.4. The summed E-state index contributed by atoms with van der Waals surface area (Å²) in [7, 11) is -2.86. The maximum atomic E-state index is 13.0. The van der Waals surface area contributed by atoms with E-state index in [-0.39, 0.29) is 11.0 Å². The summed E-state index contributed by atoms with van der Waals surface area (Å²) >= 11 is 0. The van der Waals surface area contributed by atoms with E-state index in [0.717, 1.165) is 10.4 Å². The Kier molecular flexibility index (Phi) is 6.42. The lowest BCUT2D eigenvalue weighted by Crippen LogP contribution is -2.68. The average Bonchev–Trinajstić information content (AvgIpc) is 2.59. The lowest BCUT2D eigenvalue weighted by molar-refractivity contribution is -0.137. The minimum atomic E-state index is -2.86. The van der Waals surface area contributed by atoms with E-state index in [4.69, 9.17) is 10.2 Å². The van der Waals surface area contributed by atoms with E-state index in [2.05, 4.69) is 58.9 Å². The van der Waals surface area contributed by atoms with Gasteiger partial charge < -0.3 is 10.2 Å². The van der Waals surface area contributed by atoms with Crippen molar-refractivity contribution in [2.75, 3.05) is 0 Å². The summed E-state index contributed by atoms with van der Waals surface area (Å²) in [6.07, 6.45) is 0.622. The molecule has 0 aliphatic heterocycles. The van der Waals surface area contributed by atoms with Crippen LogP contribution in [0.25, 0.3) is 0 Å². The van der Waals surface area contributed by atoms with Crippen molar-refractivity contribution < 1.29 is 9.22 Å². The third-order valence-electron chi connectivity index (χ3n) is 4.70. The minimum Gasteiger partial charge on any atom is -0.508 e. The van der Waals surface area contributed by atoms with E-state index in [1.54, 1.807) is 0 Å². The first kappa shape index (κ1) is 20.4. The summed E-state index contributed by atoms with van der Waals surface area (Å²) in [5.41, 5.74) is 6.17.